The molecule has 0 aliphatic heterocycles. The zero-order valence-corrected chi connectivity index (χ0v) is 31.0. The van der Waals surface area contributed by atoms with Crippen LogP contribution in [0.1, 0.15) is 78.7 Å². The number of nitriles is 2. The first kappa shape index (κ1) is 37.7. The van der Waals surface area contributed by atoms with Crippen molar-refractivity contribution in [3.05, 3.63) is 120 Å². The molecule has 4 aromatic rings. The smallest absolute Gasteiger partial charge is 0.311 e. The number of benzene rings is 4. The molecule has 0 radical (unpaired) electrons. The predicted molar refractivity (Wildman–Crippen MR) is 197 cm³/mol. The third-order valence-corrected chi connectivity index (χ3v) is 11.5. The summed E-state index contributed by atoms with van der Waals surface area (Å²) in [5.41, 5.74) is 0.714. The molecule has 2 fully saturated rings. The summed E-state index contributed by atoms with van der Waals surface area (Å²) in [5.74, 6) is 1.56. The van der Waals surface area contributed by atoms with Crippen molar-refractivity contribution in [2.24, 2.45) is 33.5 Å². The van der Waals surface area contributed by atoms with Crippen LogP contribution in [-0.4, -0.2) is 11.9 Å². The summed E-state index contributed by atoms with van der Waals surface area (Å²) in [6, 6.07) is 37.1. The van der Waals surface area contributed by atoms with Gasteiger partial charge in [-0.2, -0.15) is 10.5 Å². The highest BCUT2D eigenvalue weighted by Gasteiger charge is 2.70. The summed E-state index contributed by atoms with van der Waals surface area (Å²) >= 11 is 0. The van der Waals surface area contributed by atoms with Crippen LogP contribution in [0.15, 0.2) is 109 Å². The van der Waals surface area contributed by atoms with Gasteiger partial charge in [0, 0.05) is 11.1 Å². The van der Waals surface area contributed by atoms with E-state index < -0.39 is 12.2 Å². The molecular weight excluding hydrogens is 652 g/mol. The lowest BCUT2D eigenvalue weighted by Gasteiger charge is -2.14. The maximum Gasteiger partial charge on any atom is 0.311 e. The third-order valence-electron chi connectivity index (χ3n) is 11.5. The Hall–Kier alpha value is -5.60. The van der Waals surface area contributed by atoms with E-state index in [1.807, 2.05) is 60.7 Å². The van der Waals surface area contributed by atoms with Crippen LogP contribution < -0.4 is 9.47 Å². The van der Waals surface area contributed by atoms with Crippen molar-refractivity contribution < 1.29 is 28.5 Å². The van der Waals surface area contributed by atoms with Crippen molar-refractivity contribution in [1.82, 2.24) is 0 Å². The summed E-state index contributed by atoms with van der Waals surface area (Å²) in [5, 5.41) is 19.0. The van der Waals surface area contributed by atoms with Crippen molar-refractivity contribution in [2.45, 2.75) is 67.6 Å². The number of rotatable bonds is 10. The fraction of sp³-hybridized carbons (Fsp3) is 0.364. The molecule has 2 saturated carbocycles. The average Bonchev–Trinajstić information content (AvgIpc) is 3.74. The maximum atomic E-state index is 12.6. The second-order valence-corrected chi connectivity index (χ2v) is 15.6. The van der Waals surface area contributed by atoms with E-state index in [2.05, 4.69) is 67.5 Å². The molecule has 0 aromatic heterocycles. The normalized spacial score (nSPS) is 18.4. The van der Waals surface area contributed by atoms with Crippen molar-refractivity contribution >= 4 is 11.9 Å². The highest BCUT2D eigenvalue weighted by Crippen LogP contribution is 2.69. The minimum absolute atomic E-state index is 0.123. The lowest BCUT2D eigenvalue weighted by molar-refractivity contribution is -0.151. The minimum Gasteiger partial charge on any atom is -0.457 e. The summed E-state index contributed by atoms with van der Waals surface area (Å²) in [6.45, 7) is 16.4. The molecule has 2 atom stereocenters. The fourth-order valence-electron chi connectivity index (χ4n) is 7.01. The van der Waals surface area contributed by atoms with Crippen molar-refractivity contribution in [1.29, 1.82) is 10.5 Å². The Kier molecular flexibility index (Phi) is 10.5. The van der Waals surface area contributed by atoms with Gasteiger partial charge in [0.15, 0.2) is 0 Å². The zero-order chi connectivity index (χ0) is 37.9. The number of nitrogens with zero attached hydrogens (tertiary/aromatic N) is 2. The molecule has 0 N–H and O–H groups in total. The van der Waals surface area contributed by atoms with E-state index in [1.54, 1.807) is 48.5 Å². The molecule has 0 heterocycles. The highest BCUT2D eigenvalue weighted by molar-refractivity contribution is 5.80. The van der Waals surface area contributed by atoms with Crippen LogP contribution in [0, 0.1) is 56.2 Å². The summed E-state index contributed by atoms with van der Waals surface area (Å²) in [4.78, 5) is 25.1. The van der Waals surface area contributed by atoms with E-state index in [0.29, 0.717) is 34.1 Å². The van der Waals surface area contributed by atoms with Crippen LogP contribution in [0.5, 0.6) is 23.0 Å². The second-order valence-electron chi connectivity index (χ2n) is 15.6. The Bertz CT molecular complexity index is 1820. The maximum absolute atomic E-state index is 12.6. The Morgan fingerprint density at radius 2 is 0.808 bits per heavy atom. The van der Waals surface area contributed by atoms with Gasteiger partial charge in [0.25, 0.3) is 0 Å². The van der Waals surface area contributed by atoms with Crippen molar-refractivity contribution in [2.75, 3.05) is 0 Å². The minimum atomic E-state index is -0.950. The SMILES string of the molecule is CC1(C)C(C(=O)OC(C#N)c2cccc(Oc3ccccc3)c2)C1(C)C.CC1(C)C(C(=O)OC(C#N)c2cccc(Oc3ccccc3)c2)C1(C)C. The van der Waals surface area contributed by atoms with E-state index in [4.69, 9.17) is 18.9 Å². The summed E-state index contributed by atoms with van der Waals surface area (Å²) in [6.07, 6.45) is -1.90. The first-order valence-corrected chi connectivity index (χ1v) is 17.4. The van der Waals surface area contributed by atoms with Gasteiger partial charge in [-0.3, -0.25) is 9.59 Å². The van der Waals surface area contributed by atoms with E-state index in [9.17, 15) is 20.1 Å². The first-order valence-electron chi connectivity index (χ1n) is 17.4. The Morgan fingerprint density at radius 3 is 1.10 bits per heavy atom. The third kappa shape index (κ3) is 7.67. The number of para-hydroxylation sites is 2. The Morgan fingerprint density at radius 1 is 0.500 bits per heavy atom. The van der Waals surface area contributed by atoms with Crippen LogP contribution in [0.25, 0.3) is 0 Å². The van der Waals surface area contributed by atoms with E-state index >= 15 is 0 Å². The van der Waals surface area contributed by atoms with E-state index in [-0.39, 0.29) is 45.4 Å². The largest absolute Gasteiger partial charge is 0.457 e. The van der Waals surface area contributed by atoms with Gasteiger partial charge in [0.2, 0.25) is 12.2 Å². The van der Waals surface area contributed by atoms with E-state index in [0.717, 1.165) is 0 Å². The number of hydrogen-bond acceptors (Lipinski definition) is 8. The van der Waals surface area contributed by atoms with Gasteiger partial charge >= 0.3 is 11.9 Å². The molecule has 6 rings (SSSR count). The van der Waals surface area contributed by atoms with Gasteiger partial charge < -0.3 is 18.9 Å². The van der Waals surface area contributed by atoms with Crippen LogP contribution in [0.3, 0.4) is 0 Å². The van der Waals surface area contributed by atoms with Gasteiger partial charge in [0.05, 0.1) is 11.8 Å². The topological polar surface area (TPSA) is 119 Å². The number of carbonyl (C=O) groups is 2. The van der Waals surface area contributed by atoms with Gasteiger partial charge in [-0.15, -0.1) is 0 Å². The fourth-order valence-corrected chi connectivity index (χ4v) is 7.01. The van der Waals surface area contributed by atoms with Gasteiger partial charge in [-0.1, -0.05) is 116 Å². The number of hydrogen-bond donors (Lipinski definition) is 0. The van der Waals surface area contributed by atoms with Crippen LogP contribution in [0.2, 0.25) is 0 Å². The monoisotopic (exact) mass is 698 g/mol. The Labute approximate surface area is 306 Å². The molecule has 8 heteroatoms. The standard InChI is InChI=1S/2C22H23NO3/c2*1-21(2)19(22(21,3)4)20(24)26-18(14-23)15-9-8-12-17(13-15)25-16-10-6-5-7-11-16/h2*5-13,18-19H,1-4H3. The molecule has 52 heavy (non-hydrogen) atoms. The zero-order valence-electron chi connectivity index (χ0n) is 31.0. The predicted octanol–water partition coefficient (Wildman–Crippen LogP) is 10.5. The molecule has 0 amide bonds. The van der Waals surface area contributed by atoms with E-state index in [1.165, 1.54) is 0 Å². The molecular formula is C44H46N2O6. The highest BCUT2D eigenvalue weighted by atomic mass is 16.5. The number of carbonyl (C=O) groups excluding carboxylic acids is 2. The average molecular weight is 699 g/mol. The lowest BCUT2D eigenvalue weighted by Crippen LogP contribution is -2.15. The molecule has 0 saturated heterocycles. The first-order chi connectivity index (χ1) is 24.5. The molecule has 0 spiro atoms. The quantitative estimate of drug-likeness (QED) is 0.150. The van der Waals surface area contributed by atoms with Crippen molar-refractivity contribution in [3.8, 4) is 35.1 Å². The van der Waals surface area contributed by atoms with Crippen molar-refractivity contribution in [3.63, 3.8) is 0 Å². The molecule has 4 aromatic carbocycles. The number of ether oxygens (including phenoxy) is 4. The number of esters is 2. The Balaban J connectivity index is 0.000000201. The molecule has 2 aliphatic rings. The lowest BCUT2D eigenvalue weighted by atomic mass is 10.0. The van der Waals surface area contributed by atoms with Gasteiger partial charge in [-0.25, -0.2) is 0 Å². The molecule has 2 aliphatic carbocycles. The van der Waals surface area contributed by atoms with Gasteiger partial charge in [0.1, 0.15) is 35.1 Å². The molecule has 2 unspecified atom stereocenters. The van der Waals surface area contributed by atoms with Crippen LogP contribution >= 0.6 is 0 Å². The van der Waals surface area contributed by atoms with Crippen LogP contribution in [0.4, 0.5) is 0 Å². The summed E-state index contributed by atoms with van der Waals surface area (Å²) < 4.78 is 22.7. The second kappa shape index (κ2) is 14.6. The molecule has 8 nitrogen and oxygen atoms in total. The molecule has 0 bridgehead atoms. The van der Waals surface area contributed by atoms with Crippen LogP contribution in [-0.2, 0) is 19.1 Å². The van der Waals surface area contributed by atoms with Gasteiger partial charge in [-0.05, 0) is 70.2 Å². The molecule has 268 valence electrons. The summed E-state index contributed by atoms with van der Waals surface area (Å²) in [7, 11) is 0.